The SMILES string of the molecule is N#CNC(=NCC#Cc1ccc2ncnc(Nc3ccc4c(cnn4Cc4cccc(F)c4)c3)c2c1)Oc1ccccc1. The van der Waals surface area contributed by atoms with E-state index in [0.29, 0.717) is 18.1 Å². The van der Waals surface area contributed by atoms with Gasteiger partial charge in [0.15, 0.2) is 6.19 Å². The van der Waals surface area contributed by atoms with E-state index >= 15 is 0 Å². The molecule has 0 aliphatic heterocycles. The average molecular weight is 567 g/mol. The van der Waals surface area contributed by atoms with Crippen molar-refractivity contribution in [3.63, 3.8) is 0 Å². The van der Waals surface area contributed by atoms with Gasteiger partial charge in [-0.3, -0.25) is 4.68 Å². The van der Waals surface area contributed by atoms with Gasteiger partial charge in [0.25, 0.3) is 0 Å². The number of nitrogens with one attached hydrogen (secondary N) is 2. The summed E-state index contributed by atoms with van der Waals surface area (Å²) in [5, 5.41) is 21.1. The van der Waals surface area contributed by atoms with Gasteiger partial charge in [0.1, 0.15) is 30.3 Å². The van der Waals surface area contributed by atoms with Crippen LogP contribution in [0.15, 0.2) is 109 Å². The van der Waals surface area contributed by atoms with E-state index in [1.54, 1.807) is 24.4 Å². The fourth-order valence-corrected chi connectivity index (χ4v) is 4.47. The number of anilines is 2. The van der Waals surface area contributed by atoms with Gasteiger partial charge in [-0.05, 0) is 66.2 Å². The van der Waals surface area contributed by atoms with Crippen LogP contribution in [0.25, 0.3) is 21.8 Å². The number of hydrogen-bond acceptors (Lipinski definition) is 7. The second-order valence-corrected chi connectivity index (χ2v) is 9.36. The van der Waals surface area contributed by atoms with Crippen LogP contribution in [-0.2, 0) is 6.54 Å². The third kappa shape index (κ3) is 6.56. The van der Waals surface area contributed by atoms with Crippen LogP contribution in [0.1, 0.15) is 11.1 Å². The molecule has 0 bridgehead atoms. The molecule has 0 aliphatic rings. The summed E-state index contributed by atoms with van der Waals surface area (Å²) < 4.78 is 21.1. The number of hydrogen-bond donors (Lipinski definition) is 2. The maximum Gasteiger partial charge on any atom is 0.304 e. The summed E-state index contributed by atoms with van der Waals surface area (Å²) in [6.45, 7) is 0.591. The number of fused-ring (bicyclic) bond motifs is 2. The largest absolute Gasteiger partial charge is 0.425 e. The van der Waals surface area contributed by atoms with E-state index < -0.39 is 0 Å². The summed E-state index contributed by atoms with van der Waals surface area (Å²) >= 11 is 0. The van der Waals surface area contributed by atoms with E-state index in [2.05, 4.69) is 42.5 Å². The molecular weight excluding hydrogens is 543 g/mol. The summed E-state index contributed by atoms with van der Waals surface area (Å²) in [6.07, 6.45) is 5.12. The Labute approximate surface area is 246 Å². The molecule has 0 aliphatic carbocycles. The number of nitriles is 1. The lowest BCUT2D eigenvalue weighted by atomic mass is 10.1. The number of aliphatic imine (C=N–C) groups is 1. The maximum atomic E-state index is 13.6. The number of para-hydroxylation sites is 1. The highest BCUT2D eigenvalue weighted by Gasteiger charge is 2.09. The van der Waals surface area contributed by atoms with Crippen LogP contribution in [0.4, 0.5) is 15.9 Å². The van der Waals surface area contributed by atoms with Crippen LogP contribution in [0.5, 0.6) is 5.75 Å². The zero-order valence-corrected chi connectivity index (χ0v) is 22.7. The van der Waals surface area contributed by atoms with Gasteiger partial charge in [-0.1, -0.05) is 42.2 Å². The van der Waals surface area contributed by atoms with Crippen LogP contribution in [0.3, 0.4) is 0 Å². The minimum absolute atomic E-state index is 0.0675. The van der Waals surface area contributed by atoms with E-state index in [0.717, 1.165) is 38.6 Å². The Hall–Kier alpha value is -6.26. The molecule has 0 unspecified atom stereocenters. The molecule has 2 N–H and O–H groups in total. The van der Waals surface area contributed by atoms with Crippen molar-refractivity contribution in [1.29, 1.82) is 5.26 Å². The molecule has 0 saturated carbocycles. The van der Waals surface area contributed by atoms with Crippen molar-refractivity contribution in [2.24, 2.45) is 4.99 Å². The molecule has 0 atom stereocenters. The number of benzene rings is 4. The summed E-state index contributed by atoms with van der Waals surface area (Å²) in [7, 11) is 0. The van der Waals surface area contributed by atoms with Gasteiger partial charge in [0.2, 0.25) is 0 Å². The number of rotatable bonds is 6. The second-order valence-electron chi connectivity index (χ2n) is 9.36. The smallest absolute Gasteiger partial charge is 0.304 e. The minimum atomic E-state index is -0.268. The molecule has 0 spiro atoms. The van der Waals surface area contributed by atoms with Crippen molar-refractivity contribution >= 4 is 39.3 Å². The first-order valence-electron chi connectivity index (χ1n) is 13.3. The quantitative estimate of drug-likeness (QED) is 0.0866. The van der Waals surface area contributed by atoms with Gasteiger partial charge in [0, 0.05) is 22.0 Å². The molecular formula is C33H23FN8O. The fraction of sp³-hybridized carbons (Fsp3) is 0.0606. The van der Waals surface area contributed by atoms with E-state index in [4.69, 9.17) is 10.00 Å². The van der Waals surface area contributed by atoms with Gasteiger partial charge >= 0.3 is 6.02 Å². The summed E-state index contributed by atoms with van der Waals surface area (Å²) in [5.74, 6) is 7.02. The van der Waals surface area contributed by atoms with Crippen LogP contribution >= 0.6 is 0 Å². The van der Waals surface area contributed by atoms with Gasteiger partial charge in [-0.25, -0.2) is 24.7 Å². The highest BCUT2D eigenvalue weighted by molar-refractivity contribution is 5.92. The second kappa shape index (κ2) is 12.5. The third-order valence-electron chi connectivity index (χ3n) is 6.42. The van der Waals surface area contributed by atoms with Crippen molar-refractivity contribution in [3.8, 4) is 23.8 Å². The monoisotopic (exact) mass is 566 g/mol. The molecule has 10 heteroatoms. The zero-order chi connectivity index (χ0) is 29.4. The van der Waals surface area contributed by atoms with Crippen molar-refractivity contribution in [2.75, 3.05) is 11.9 Å². The topological polar surface area (TPSA) is 113 Å². The lowest BCUT2D eigenvalue weighted by Gasteiger charge is -2.09. The number of nitrogens with zero attached hydrogens (tertiary/aromatic N) is 6. The lowest BCUT2D eigenvalue weighted by molar-refractivity contribution is 0.528. The Bertz CT molecular complexity index is 2050. The van der Waals surface area contributed by atoms with Crippen molar-refractivity contribution in [2.45, 2.75) is 6.54 Å². The first-order chi connectivity index (χ1) is 21.1. The predicted octanol–water partition coefficient (Wildman–Crippen LogP) is 5.77. The molecule has 0 saturated heterocycles. The van der Waals surface area contributed by atoms with Crippen molar-refractivity contribution in [1.82, 2.24) is 25.1 Å². The zero-order valence-electron chi connectivity index (χ0n) is 22.7. The van der Waals surface area contributed by atoms with E-state index in [1.807, 2.05) is 71.5 Å². The Kier molecular flexibility index (Phi) is 7.83. The fourth-order valence-electron chi connectivity index (χ4n) is 4.47. The highest BCUT2D eigenvalue weighted by atomic mass is 19.1. The molecule has 4 aromatic carbocycles. The van der Waals surface area contributed by atoms with E-state index in [9.17, 15) is 4.39 Å². The van der Waals surface area contributed by atoms with Crippen LogP contribution in [0, 0.1) is 29.1 Å². The van der Waals surface area contributed by atoms with Crippen LogP contribution < -0.4 is 15.4 Å². The third-order valence-corrected chi connectivity index (χ3v) is 6.42. The van der Waals surface area contributed by atoms with Crippen molar-refractivity contribution < 1.29 is 9.13 Å². The average Bonchev–Trinajstić information content (AvgIpc) is 3.41. The Morgan fingerprint density at radius 3 is 2.74 bits per heavy atom. The standard InChI is InChI=1S/C33H23FN8O/c34-26-8-4-6-24(16-26)20-42-31-14-12-27(18-25(31)19-40-42)41-32-29-17-23(11-13-30(29)38-22-39-32)7-5-15-36-33(37-21-35)43-28-9-2-1-3-10-28/h1-4,6,8-14,16-19,22H,15,20H2,(H,36,37)(H,38,39,41). The number of aromatic nitrogens is 4. The Morgan fingerprint density at radius 2 is 1.88 bits per heavy atom. The van der Waals surface area contributed by atoms with Gasteiger partial charge in [-0.15, -0.1) is 0 Å². The summed E-state index contributed by atoms with van der Waals surface area (Å²) in [6, 6.07) is 27.2. The predicted molar refractivity (Wildman–Crippen MR) is 163 cm³/mol. The van der Waals surface area contributed by atoms with Gasteiger partial charge in [0.05, 0.1) is 23.8 Å². The van der Waals surface area contributed by atoms with Crippen LogP contribution in [0.2, 0.25) is 0 Å². The molecule has 0 radical (unpaired) electrons. The number of ether oxygens (including phenoxy) is 1. The Morgan fingerprint density at radius 1 is 0.977 bits per heavy atom. The molecule has 0 amide bonds. The molecule has 2 heterocycles. The van der Waals surface area contributed by atoms with Crippen LogP contribution in [-0.4, -0.2) is 32.3 Å². The number of amidine groups is 1. The highest BCUT2D eigenvalue weighted by Crippen LogP contribution is 2.26. The van der Waals surface area contributed by atoms with Crippen molar-refractivity contribution in [3.05, 3.63) is 120 Å². The minimum Gasteiger partial charge on any atom is -0.425 e. The molecule has 6 rings (SSSR count). The molecule has 43 heavy (non-hydrogen) atoms. The molecule has 208 valence electrons. The lowest BCUT2D eigenvalue weighted by Crippen LogP contribution is -2.24. The normalized spacial score (nSPS) is 11.0. The molecule has 6 aromatic rings. The summed E-state index contributed by atoms with van der Waals surface area (Å²) in [5.41, 5.74) is 4.13. The molecule has 9 nitrogen and oxygen atoms in total. The molecule has 2 aromatic heterocycles. The van der Waals surface area contributed by atoms with Gasteiger partial charge in [-0.2, -0.15) is 10.4 Å². The van der Waals surface area contributed by atoms with E-state index in [-0.39, 0.29) is 18.4 Å². The maximum absolute atomic E-state index is 13.6. The van der Waals surface area contributed by atoms with E-state index in [1.165, 1.54) is 18.5 Å². The first-order valence-corrected chi connectivity index (χ1v) is 13.3. The summed E-state index contributed by atoms with van der Waals surface area (Å²) in [4.78, 5) is 13.1. The van der Waals surface area contributed by atoms with Gasteiger partial charge < -0.3 is 10.1 Å². The first kappa shape index (κ1) is 26.9. The number of halogens is 1. The Balaban J connectivity index is 1.19. The molecule has 0 fully saturated rings.